The second-order valence-electron chi connectivity index (χ2n) is 7.10. The molecule has 0 spiro atoms. The molecule has 0 aliphatic carbocycles. The Balaban J connectivity index is 1.35. The molecule has 0 bridgehead atoms. The summed E-state index contributed by atoms with van der Waals surface area (Å²) in [6.07, 6.45) is 4.86. The number of hydrogen-bond acceptors (Lipinski definition) is 5. The maximum absolute atomic E-state index is 12.0. The van der Waals surface area contributed by atoms with Crippen molar-refractivity contribution < 1.29 is 19.0 Å². The highest BCUT2D eigenvalue weighted by molar-refractivity contribution is 5.79. The standard InChI is InChI=1S/C21H32N4O4/c1-2-22-21(23-10-6-13-25-12-5-3-4-7-20(25)26)24-11-14-27-17-8-9-18-19(15-17)29-16-28-18/h8-9,15H,2-7,10-14,16H2,1H3,(H2,22,23,24). The minimum atomic E-state index is 0.259. The molecule has 1 aromatic rings. The predicted octanol–water partition coefficient (Wildman–Crippen LogP) is 2.14. The van der Waals surface area contributed by atoms with Crippen LogP contribution in [0.2, 0.25) is 0 Å². The Hall–Kier alpha value is -2.64. The van der Waals surface area contributed by atoms with Gasteiger partial charge in [-0.2, -0.15) is 0 Å². The van der Waals surface area contributed by atoms with E-state index in [9.17, 15) is 4.79 Å². The van der Waals surface area contributed by atoms with Gasteiger partial charge in [-0.15, -0.1) is 0 Å². The lowest BCUT2D eigenvalue weighted by atomic mass is 10.2. The van der Waals surface area contributed by atoms with Crippen molar-refractivity contribution in [1.82, 2.24) is 15.5 Å². The molecule has 8 nitrogen and oxygen atoms in total. The Morgan fingerprint density at radius 2 is 2.10 bits per heavy atom. The minimum Gasteiger partial charge on any atom is -0.492 e. The molecule has 1 fully saturated rings. The fourth-order valence-corrected chi connectivity index (χ4v) is 3.37. The van der Waals surface area contributed by atoms with Crippen molar-refractivity contribution in [3.8, 4) is 17.2 Å². The lowest BCUT2D eigenvalue weighted by molar-refractivity contribution is -0.130. The van der Waals surface area contributed by atoms with Crippen molar-refractivity contribution in [2.24, 2.45) is 4.99 Å². The number of benzene rings is 1. The molecule has 2 aliphatic rings. The van der Waals surface area contributed by atoms with Crippen LogP contribution < -0.4 is 24.8 Å². The molecule has 0 saturated carbocycles. The van der Waals surface area contributed by atoms with E-state index in [2.05, 4.69) is 15.6 Å². The zero-order valence-corrected chi connectivity index (χ0v) is 17.2. The molecule has 1 aromatic carbocycles. The quantitative estimate of drug-likeness (QED) is 0.373. The van der Waals surface area contributed by atoms with Gasteiger partial charge in [-0.3, -0.25) is 9.79 Å². The maximum atomic E-state index is 12.0. The van der Waals surface area contributed by atoms with Crippen LogP contribution >= 0.6 is 0 Å². The van der Waals surface area contributed by atoms with Gasteiger partial charge in [0.1, 0.15) is 12.4 Å². The molecule has 2 N–H and O–H groups in total. The number of amides is 1. The first kappa shape index (κ1) is 21.1. The second kappa shape index (κ2) is 11.4. The van der Waals surface area contributed by atoms with Crippen molar-refractivity contribution in [3.63, 3.8) is 0 Å². The zero-order chi connectivity index (χ0) is 20.3. The summed E-state index contributed by atoms with van der Waals surface area (Å²) in [5.41, 5.74) is 0. The molecule has 8 heteroatoms. The second-order valence-corrected chi connectivity index (χ2v) is 7.10. The van der Waals surface area contributed by atoms with Crippen LogP contribution in [-0.4, -0.2) is 62.9 Å². The van der Waals surface area contributed by atoms with E-state index in [4.69, 9.17) is 14.2 Å². The summed E-state index contributed by atoms with van der Waals surface area (Å²) in [7, 11) is 0. The topological polar surface area (TPSA) is 84.4 Å². The van der Waals surface area contributed by atoms with Gasteiger partial charge in [0.15, 0.2) is 17.5 Å². The van der Waals surface area contributed by atoms with Gasteiger partial charge in [-0.25, -0.2) is 0 Å². The van der Waals surface area contributed by atoms with Crippen molar-refractivity contribution in [2.75, 3.05) is 46.1 Å². The first-order valence-electron chi connectivity index (χ1n) is 10.6. The number of ether oxygens (including phenoxy) is 3. The molecule has 160 valence electrons. The fourth-order valence-electron chi connectivity index (χ4n) is 3.37. The van der Waals surface area contributed by atoms with Crippen molar-refractivity contribution in [1.29, 1.82) is 0 Å². The van der Waals surface area contributed by atoms with E-state index < -0.39 is 0 Å². The Labute approximate surface area is 172 Å². The summed E-state index contributed by atoms with van der Waals surface area (Å²) >= 11 is 0. The molecular formula is C21H32N4O4. The number of carbonyl (C=O) groups is 1. The van der Waals surface area contributed by atoms with Gasteiger partial charge in [0.05, 0.1) is 6.54 Å². The fraction of sp³-hybridized carbons (Fsp3) is 0.619. The number of fused-ring (bicyclic) bond motifs is 1. The van der Waals surface area contributed by atoms with Crippen LogP contribution in [0.4, 0.5) is 0 Å². The predicted molar refractivity (Wildman–Crippen MR) is 112 cm³/mol. The molecule has 2 aliphatic heterocycles. The summed E-state index contributed by atoms with van der Waals surface area (Å²) in [6.45, 7) is 6.58. The first-order valence-corrected chi connectivity index (χ1v) is 10.6. The van der Waals surface area contributed by atoms with Crippen LogP contribution in [-0.2, 0) is 4.79 Å². The SMILES string of the molecule is CCNC(=NCCCN1CCCCCC1=O)NCCOc1ccc2c(c1)OCO2. The molecule has 0 unspecified atom stereocenters. The Morgan fingerprint density at radius 1 is 1.21 bits per heavy atom. The van der Waals surface area contributed by atoms with Gasteiger partial charge in [0.25, 0.3) is 0 Å². The molecule has 0 aromatic heterocycles. The molecule has 3 rings (SSSR count). The third kappa shape index (κ3) is 6.73. The molecule has 1 amide bonds. The number of nitrogens with one attached hydrogen (secondary N) is 2. The van der Waals surface area contributed by atoms with Gasteiger partial charge < -0.3 is 29.7 Å². The maximum Gasteiger partial charge on any atom is 0.231 e. The first-order chi connectivity index (χ1) is 14.3. The molecular weight excluding hydrogens is 372 g/mol. The highest BCUT2D eigenvalue weighted by Gasteiger charge is 2.15. The minimum absolute atomic E-state index is 0.259. The molecule has 1 saturated heterocycles. The van der Waals surface area contributed by atoms with Crippen LogP contribution in [0.25, 0.3) is 0 Å². The molecule has 2 heterocycles. The largest absolute Gasteiger partial charge is 0.492 e. The van der Waals surface area contributed by atoms with E-state index in [0.29, 0.717) is 31.9 Å². The number of likely N-dealkylation sites (tertiary alicyclic amines) is 1. The summed E-state index contributed by atoms with van der Waals surface area (Å²) in [5, 5.41) is 6.52. The lowest BCUT2D eigenvalue weighted by Crippen LogP contribution is -2.39. The van der Waals surface area contributed by atoms with Crippen LogP contribution in [0.5, 0.6) is 17.2 Å². The van der Waals surface area contributed by atoms with E-state index in [1.807, 2.05) is 30.0 Å². The van der Waals surface area contributed by atoms with Crippen LogP contribution in [0, 0.1) is 0 Å². The smallest absolute Gasteiger partial charge is 0.231 e. The summed E-state index contributed by atoms with van der Waals surface area (Å²) < 4.78 is 16.4. The molecule has 29 heavy (non-hydrogen) atoms. The highest BCUT2D eigenvalue weighted by atomic mass is 16.7. The molecule has 0 atom stereocenters. The van der Waals surface area contributed by atoms with E-state index in [1.54, 1.807) is 0 Å². The third-order valence-corrected chi connectivity index (χ3v) is 4.88. The van der Waals surface area contributed by atoms with Gasteiger partial charge in [0, 0.05) is 38.7 Å². The highest BCUT2D eigenvalue weighted by Crippen LogP contribution is 2.34. The van der Waals surface area contributed by atoms with Crippen molar-refractivity contribution in [3.05, 3.63) is 18.2 Å². The number of nitrogens with zero attached hydrogens (tertiary/aromatic N) is 2. The van der Waals surface area contributed by atoms with Crippen LogP contribution in [0.1, 0.15) is 39.0 Å². The van der Waals surface area contributed by atoms with Gasteiger partial charge in [-0.1, -0.05) is 6.42 Å². The van der Waals surface area contributed by atoms with E-state index in [-0.39, 0.29) is 12.7 Å². The lowest BCUT2D eigenvalue weighted by Gasteiger charge is -2.20. The number of rotatable bonds is 9. The summed E-state index contributed by atoms with van der Waals surface area (Å²) in [4.78, 5) is 18.6. The Kier molecular flexibility index (Phi) is 8.27. The normalized spacial score (nSPS) is 16.5. The van der Waals surface area contributed by atoms with Gasteiger partial charge in [-0.05, 0) is 38.3 Å². The number of carbonyl (C=O) groups excluding carboxylic acids is 1. The zero-order valence-electron chi connectivity index (χ0n) is 17.2. The average Bonchev–Trinajstić information content (AvgIpc) is 3.10. The van der Waals surface area contributed by atoms with Crippen LogP contribution in [0.3, 0.4) is 0 Å². The van der Waals surface area contributed by atoms with Gasteiger partial charge in [0.2, 0.25) is 12.7 Å². The van der Waals surface area contributed by atoms with E-state index in [1.165, 1.54) is 0 Å². The average molecular weight is 405 g/mol. The van der Waals surface area contributed by atoms with Gasteiger partial charge >= 0.3 is 0 Å². The van der Waals surface area contributed by atoms with Crippen LogP contribution in [0.15, 0.2) is 23.2 Å². The Morgan fingerprint density at radius 3 is 3.00 bits per heavy atom. The number of aliphatic imine (C=N–C) groups is 1. The monoisotopic (exact) mass is 404 g/mol. The van der Waals surface area contributed by atoms with Crippen molar-refractivity contribution in [2.45, 2.75) is 39.0 Å². The summed E-state index contributed by atoms with van der Waals surface area (Å²) in [5.74, 6) is 3.27. The third-order valence-electron chi connectivity index (χ3n) is 4.88. The van der Waals surface area contributed by atoms with Crippen molar-refractivity contribution >= 4 is 11.9 Å². The number of guanidine groups is 1. The Bertz CT molecular complexity index is 695. The van der Waals surface area contributed by atoms with E-state index in [0.717, 1.165) is 62.8 Å². The summed E-state index contributed by atoms with van der Waals surface area (Å²) in [6, 6.07) is 5.56. The molecule has 0 radical (unpaired) electrons. The van der Waals surface area contributed by atoms with E-state index >= 15 is 0 Å². The number of hydrogen-bond donors (Lipinski definition) is 2.